The first kappa shape index (κ1) is 12.4. The molecule has 2 rings (SSSR count). The number of rotatable bonds is 4. The molecule has 94 valence electrons. The Morgan fingerprint density at radius 1 is 1.35 bits per heavy atom. The minimum absolute atomic E-state index is 0.363. The Hall–Kier alpha value is -1.06. The van der Waals surface area contributed by atoms with Crippen molar-refractivity contribution in [1.29, 1.82) is 0 Å². The summed E-state index contributed by atoms with van der Waals surface area (Å²) in [4.78, 5) is 2.49. The predicted octanol–water partition coefficient (Wildman–Crippen LogP) is 2.10. The van der Waals surface area contributed by atoms with Crippen molar-refractivity contribution in [2.75, 3.05) is 26.7 Å². The van der Waals surface area contributed by atoms with Gasteiger partial charge < -0.3 is 10.5 Å². The first-order valence-corrected chi connectivity index (χ1v) is 6.35. The molecule has 0 aromatic heterocycles. The van der Waals surface area contributed by atoms with Crippen LogP contribution in [-0.2, 0) is 0 Å². The zero-order chi connectivity index (χ0) is 12.3. The number of hydrogen-bond acceptors (Lipinski definition) is 3. The van der Waals surface area contributed by atoms with Crippen LogP contribution in [0.5, 0.6) is 5.75 Å². The molecule has 1 heterocycles. The van der Waals surface area contributed by atoms with E-state index < -0.39 is 0 Å². The van der Waals surface area contributed by atoms with Gasteiger partial charge in [-0.15, -0.1) is 0 Å². The van der Waals surface area contributed by atoms with Crippen LogP contribution in [0.25, 0.3) is 0 Å². The lowest BCUT2D eigenvalue weighted by atomic mass is 10.0. The third kappa shape index (κ3) is 2.61. The highest BCUT2D eigenvalue weighted by Crippen LogP contribution is 2.27. The Labute approximate surface area is 104 Å². The molecular formula is C14H22N2O. The molecule has 1 unspecified atom stereocenters. The minimum Gasteiger partial charge on any atom is -0.496 e. The summed E-state index contributed by atoms with van der Waals surface area (Å²) in [5, 5.41) is 0. The van der Waals surface area contributed by atoms with Crippen LogP contribution in [0.15, 0.2) is 18.2 Å². The summed E-state index contributed by atoms with van der Waals surface area (Å²) in [5.41, 5.74) is 8.43. The van der Waals surface area contributed by atoms with Crippen molar-refractivity contribution < 1.29 is 4.74 Å². The van der Waals surface area contributed by atoms with Gasteiger partial charge in [0, 0.05) is 12.6 Å². The van der Waals surface area contributed by atoms with Gasteiger partial charge in [0.2, 0.25) is 0 Å². The van der Waals surface area contributed by atoms with Gasteiger partial charge in [-0.1, -0.05) is 12.1 Å². The van der Waals surface area contributed by atoms with Crippen LogP contribution in [0, 0.1) is 6.92 Å². The summed E-state index contributed by atoms with van der Waals surface area (Å²) >= 11 is 0. The number of nitrogens with two attached hydrogens (primary N) is 1. The number of ether oxygens (including phenoxy) is 1. The van der Waals surface area contributed by atoms with Gasteiger partial charge in [0.25, 0.3) is 0 Å². The SMILES string of the molecule is COc1ccc(C(CN)N2CCCC2)cc1C. The highest BCUT2D eigenvalue weighted by molar-refractivity contribution is 5.37. The second kappa shape index (κ2) is 5.52. The van der Waals surface area contributed by atoms with Gasteiger partial charge in [-0.3, -0.25) is 4.90 Å². The fourth-order valence-corrected chi connectivity index (χ4v) is 2.66. The average molecular weight is 234 g/mol. The largest absolute Gasteiger partial charge is 0.496 e. The van der Waals surface area contributed by atoms with Crippen molar-refractivity contribution in [1.82, 2.24) is 4.90 Å². The molecular weight excluding hydrogens is 212 g/mol. The average Bonchev–Trinajstić information content (AvgIpc) is 2.84. The molecule has 0 spiro atoms. The van der Waals surface area contributed by atoms with Crippen LogP contribution in [0.1, 0.15) is 30.0 Å². The van der Waals surface area contributed by atoms with Gasteiger partial charge in [0.05, 0.1) is 7.11 Å². The summed E-state index contributed by atoms with van der Waals surface area (Å²) in [6.45, 7) is 5.12. The second-order valence-electron chi connectivity index (χ2n) is 4.72. The van der Waals surface area contributed by atoms with E-state index in [1.54, 1.807) is 7.11 Å². The lowest BCUT2D eigenvalue weighted by Crippen LogP contribution is -2.31. The monoisotopic (exact) mass is 234 g/mol. The zero-order valence-corrected chi connectivity index (χ0v) is 10.8. The maximum Gasteiger partial charge on any atom is 0.121 e. The quantitative estimate of drug-likeness (QED) is 0.867. The molecule has 1 aliphatic rings. The highest BCUT2D eigenvalue weighted by atomic mass is 16.5. The molecule has 0 aliphatic carbocycles. The summed E-state index contributed by atoms with van der Waals surface area (Å²) < 4.78 is 5.29. The topological polar surface area (TPSA) is 38.5 Å². The maximum atomic E-state index is 5.93. The van der Waals surface area contributed by atoms with Crippen molar-refractivity contribution in [3.05, 3.63) is 29.3 Å². The number of methoxy groups -OCH3 is 1. The van der Waals surface area contributed by atoms with Crippen molar-refractivity contribution in [3.63, 3.8) is 0 Å². The van der Waals surface area contributed by atoms with E-state index in [1.165, 1.54) is 37.1 Å². The highest BCUT2D eigenvalue weighted by Gasteiger charge is 2.22. The standard InChI is InChI=1S/C14H22N2O/c1-11-9-12(5-6-14(11)17-2)13(10-15)16-7-3-4-8-16/h5-6,9,13H,3-4,7-8,10,15H2,1-2H3. The third-order valence-corrected chi connectivity index (χ3v) is 3.61. The van der Waals surface area contributed by atoms with E-state index in [1.807, 2.05) is 6.07 Å². The fraction of sp³-hybridized carbons (Fsp3) is 0.571. The van der Waals surface area contributed by atoms with E-state index in [2.05, 4.69) is 24.0 Å². The molecule has 1 aliphatic heterocycles. The molecule has 0 bridgehead atoms. The number of likely N-dealkylation sites (tertiary alicyclic amines) is 1. The molecule has 1 saturated heterocycles. The van der Waals surface area contributed by atoms with Crippen molar-refractivity contribution in [2.45, 2.75) is 25.8 Å². The Morgan fingerprint density at radius 2 is 2.06 bits per heavy atom. The van der Waals surface area contributed by atoms with Crippen molar-refractivity contribution in [3.8, 4) is 5.75 Å². The molecule has 3 nitrogen and oxygen atoms in total. The first-order chi connectivity index (χ1) is 8.26. The summed E-state index contributed by atoms with van der Waals surface area (Å²) in [7, 11) is 1.71. The molecule has 0 radical (unpaired) electrons. The van der Waals surface area contributed by atoms with Crippen molar-refractivity contribution >= 4 is 0 Å². The smallest absolute Gasteiger partial charge is 0.121 e. The maximum absolute atomic E-state index is 5.93. The Kier molecular flexibility index (Phi) is 4.02. The van der Waals surface area contributed by atoms with Gasteiger partial charge in [0.1, 0.15) is 5.75 Å². The summed E-state index contributed by atoms with van der Waals surface area (Å²) in [6, 6.07) is 6.75. The third-order valence-electron chi connectivity index (χ3n) is 3.61. The van der Waals surface area contributed by atoms with Crippen LogP contribution in [0.2, 0.25) is 0 Å². The predicted molar refractivity (Wildman–Crippen MR) is 70.3 cm³/mol. The number of nitrogens with zero attached hydrogens (tertiary/aromatic N) is 1. The van der Waals surface area contributed by atoms with E-state index in [4.69, 9.17) is 10.5 Å². The zero-order valence-electron chi connectivity index (χ0n) is 10.8. The molecule has 1 aromatic rings. The number of hydrogen-bond donors (Lipinski definition) is 1. The van der Waals surface area contributed by atoms with E-state index in [0.717, 1.165) is 5.75 Å². The molecule has 1 aromatic carbocycles. The second-order valence-corrected chi connectivity index (χ2v) is 4.72. The normalized spacial score (nSPS) is 18.3. The van der Waals surface area contributed by atoms with Crippen LogP contribution in [-0.4, -0.2) is 31.6 Å². The number of aryl methyl sites for hydroxylation is 1. The molecule has 0 saturated carbocycles. The van der Waals surface area contributed by atoms with Gasteiger partial charge in [0.15, 0.2) is 0 Å². The molecule has 3 heteroatoms. The summed E-state index contributed by atoms with van der Waals surface area (Å²) in [5.74, 6) is 0.950. The molecule has 0 amide bonds. The van der Waals surface area contributed by atoms with Gasteiger partial charge in [-0.2, -0.15) is 0 Å². The van der Waals surface area contributed by atoms with Gasteiger partial charge >= 0.3 is 0 Å². The molecule has 1 atom stereocenters. The fourth-order valence-electron chi connectivity index (χ4n) is 2.66. The van der Waals surface area contributed by atoms with E-state index in [9.17, 15) is 0 Å². The van der Waals surface area contributed by atoms with Crippen LogP contribution in [0.4, 0.5) is 0 Å². The Morgan fingerprint density at radius 3 is 2.59 bits per heavy atom. The van der Waals surface area contributed by atoms with Crippen LogP contribution >= 0.6 is 0 Å². The molecule has 2 N–H and O–H groups in total. The van der Waals surface area contributed by atoms with Gasteiger partial charge in [-0.25, -0.2) is 0 Å². The summed E-state index contributed by atoms with van der Waals surface area (Å²) in [6.07, 6.45) is 2.59. The van der Waals surface area contributed by atoms with E-state index >= 15 is 0 Å². The van der Waals surface area contributed by atoms with E-state index in [-0.39, 0.29) is 0 Å². The molecule has 17 heavy (non-hydrogen) atoms. The van der Waals surface area contributed by atoms with Crippen LogP contribution in [0.3, 0.4) is 0 Å². The lowest BCUT2D eigenvalue weighted by Gasteiger charge is -2.27. The van der Waals surface area contributed by atoms with Crippen molar-refractivity contribution in [2.24, 2.45) is 5.73 Å². The minimum atomic E-state index is 0.363. The lowest BCUT2D eigenvalue weighted by molar-refractivity contribution is 0.251. The first-order valence-electron chi connectivity index (χ1n) is 6.35. The van der Waals surface area contributed by atoms with E-state index in [0.29, 0.717) is 12.6 Å². The number of benzene rings is 1. The Balaban J connectivity index is 2.21. The van der Waals surface area contributed by atoms with Gasteiger partial charge in [-0.05, 0) is 50.0 Å². The van der Waals surface area contributed by atoms with Crippen LogP contribution < -0.4 is 10.5 Å². The Bertz CT molecular complexity index is 372. The molecule has 1 fully saturated rings.